The smallest absolute Gasteiger partial charge is 0.272 e. The van der Waals surface area contributed by atoms with Gasteiger partial charge < -0.3 is 19.9 Å². The first-order chi connectivity index (χ1) is 10.2. The largest absolute Gasteiger partial charge is 0.383 e. The third-order valence-electron chi connectivity index (χ3n) is 3.21. The van der Waals surface area contributed by atoms with E-state index in [4.69, 9.17) is 4.74 Å². The van der Waals surface area contributed by atoms with E-state index in [0.717, 1.165) is 6.41 Å². The van der Waals surface area contributed by atoms with E-state index in [2.05, 4.69) is 15.3 Å². The molecule has 0 saturated carbocycles. The summed E-state index contributed by atoms with van der Waals surface area (Å²) in [5.74, 6) is 0.266. The van der Waals surface area contributed by atoms with Crippen molar-refractivity contribution in [3.63, 3.8) is 0 Å². The van der Waals surface area contributed by atoms with Crippen LogP contribution in [0.2, 0.25) is 0 Å². The highest BCUT2D eigenvalue weighted by Gasteiger charge is 2.22. The molecule has 0 bridgehead atoms. The van der Waals surface area contributed by atoms with Crippen molar-refractivity contribution in [3.8, 4) is 0 Å². The zero-order valence-electron chi connectivity index (χ0n) is 12.0. The van der Waals surface area contributed by atoms with E-state index < -0.39 is 0 Å². The molecule has 8 heteroatoms. The number of anilines is 1. The first-order valence-corrected chi connectivity index (χ1v) is 6.79. The molecule has 8 nitrogen and oxygen atoms in total. The Hall–Kier alpha value is -2.22. The lowest BCUT2D eigenvalue weighted by molar-refractivity contribution is -0.119. The van der Waals surface area contributed by atoms with Gasteiger partial charge in [0.25, 0.3) is 5.91 Å². The summed E-state index contributed by atoms with van der Waals surface area (Å²) in [4.78, 5) is 34.6. The maximum Gasteiger partial charge on any atom is 0.272 e. The molecule has 1 aromatic rings. The summed E-state index contributed by atoms with van der Waals surface area (Å²) < 4.78 is 4.93. The summed E-state index contributed by atoms with van der Waals surface area (Å²) in [6.45, 7) is 3.27. The van der Waals surface area contributed by atoms with E-state index >= 15 is 0 Å². The second-order valence-corrected chi connectivity index (χ2v) is 4.62. The Balaban J connectivity index is 1.96. The SMILES string of the molecule is COCCNc1nccc(C(=O)N2CCN(C=O)CC2)n1. The number of carbonyl (C=O) groups excluding carboxylic acids is 2. The van der Waals surface area contributed by atoms with Gasteiger partial charge in [0.15, 0.2) is 0 Å². The van der Waals surface area contributed by atoms with Crippen molar-refractivity contribution < 1.29 is 14.3 Å². The quantitative estimate of drug-likeness (QED) is 0.559. The maximum absolute atomic E-state index is 12.4. The monoisotopic (exact) mass is 293 g/mol. The minimum Gasteiger partial charge on any atom is -0.383 e. The fraction of sp³-hybridized carbons (Fsp3) is 0.538. The van der Waals surface area contributed by atoms with Crippen LogP contribution in [-0.4, -0.2) is 78.5 Å². The first-order valence-electron chi connectivity index (χ1n) is 6.79. The summed E-state index contributed by atoms with van der Waals surface area (Å²) >= 11 is 0. The Morgan fingerprint density at radius 2 is 2.19 bits per heavy atom. The fourth-order valence-corrected chi connectivity index (χ4v) is 2.02. The van der Waals surface area contributed by atoms with E-state index in [1.165, 1.54) is 0 Å². The van der Waals surface area contributed by atoms with Gasteiger partial charge >= 0.3 is 0 Å². The van der Waals surface area contributed by atoms with Crippen molar-refractivity contribution in [2.45, 2.75) is 0 Å². The van der Waals surface area contributed by atoms with Crippen LogP contribution in [0.3, 0.4) is 0 Å². The molecular weight excluding hydrogens is 274 g/mol. The molecule has 0 aliphatic carbocycles. The minimum absolute atomic E-state index is 0.141. The molecule has 0 radical (unpaired) electrons. The molecule has 1 N–H and O–H groups in total. The molecule has 0 aromatic carbocycles. The third kappa shape index (κ3) is 4.12. The first kappa shape index (κ1) is 15.2. The summed E-state index contributed by atoms with van der Waals surface area (Å²) in [5, 5.41) is 2.99. The average Bonchev–Trinajstić information content (AvgIpc) is 2.55. The van der Waals surface area contributed by atoms with Crippen LogP contribution >= 0.6 is 0 Å². The van der Waals surface area contributed by atoms with Crippen LogP contribution in [0.15, 0.2) is 12.3 Å². The Labute approximate surface area is 123 Å². The van der Waals surface area contributed by atoms with Crippen molar-refractivity contribution in [2.24, 2.45) is 0 Å². The van der Waals surface area contributed by atoms with Crippen LogP contribution in [0.1, 0.15) is 10.5 Å². The molecular formula is C13H19N5O3. The Kier molecular flexibility index (Phi) is 5.44. The molecule has 0 atom stereocenters. The molecule has 0 spiro atoms. The van der Waals surface area contributed by atoms with Gasteiger partial charge in [0.2, 0.25) is 12.4 Å². The molecule has 2 heterocycles. The number of carbonyl (C=O) groups is 2. The number of nitrogens with one attached hydrogen (secondary N) is 1. The van der Waals surface area contributed by atoms with E-state index in [-0.39, 0.29) is 5.91 Å². The lowest BCUT2D eigenvalue weighted by Gasteiger charge is -2.32. The van der Waals surface area contributed by atoms with Crippen molar-refractivity contribution in [1.29, 1.82) is 0 Å². The van der Waals surface area contributed by atoms with Gasteiger partial charge in [-0.15, -0.1) is 0 Å². The highest BCUT2D eigenvalue weighted by atomic mass is 16.5. The van der Waals surface area contributed by atoms with Crippen LogP contribution < -0.4 is 5.32 Å². The maximum atomic E-state index is 12.4. The molecule has 2 rings (SSSR count). The summed E-state index contributed by atoms with van der Waals surface area (Å²) in [5.41, 5.74) is 0.351. The van der Waals surface area contributed by atoms with Crippen molar-refractivity contribution in [2.75, 3.05) is 51.8 Å². The number of hydrogen-bond donors (Lipinski definition) is 1. The Bertz CT molecular complexity index is 488. The second-order valence-electron chi connectivity index (χ2n) is 4.62. The molecule has 1 fully saturated rings. The van der Waals surface area contributed by atoms with Gasteiger partial charge in [0.05, 0.1) is 6.61 Å². The Morgan fingerprint density at radius 1 is 1.43 bits per heavy atom. The highest BCUT2D eigenvalue weighted by molar-refractivity contribution is 5.92. The van der Waals surface area contributed by atoms with Gasteiger partial charge in [-0.3, -0.25) is 9.59 Å². The predicted octanol–water partition coefficient (Wildman–Crippen LogP) is -0.551. The van der Waals surface area contributed by atoms with Crippen LogP contribution in [0.25, 0.3) is 0 Å². The molecule has 2 amide bonds. The van der Waals surface area contributed by atoms with E-state index in [0.29, 0.717) is 51.0 Å². The van der Waals surface area contributed by atoms with Crippen LogP contribution in [-0.2, 0) is 9.53 Å². The van der Waals surface area contributed by atoms with Crippen molar-refractivity contribution >= 4 is 18.3 Å². The lowest BCUT2D eigenvalue weighted by Crippen LogP contribution is -2.48. The zero-order valence-corrected chi connectivity index (χ0v) is 12.0. The van der Waals surface area contributed by atoms with E-state index in [1.54, 1.807) is 29.2 Å². The molecule has 1 aromatic heterocycles. The summed E-state index contributed by atoms with van der Waals surface area (Å²) in [6, 6.07) is 1.59. The second kappa shape index (κ2) is 7.53. The number of piperazine rings is 1. The number of ether oxygens (including phenoxy) is 1. The third-order valence-corrected chi connectivity index (χ3v) is 3.21. The molecule has 21 heavy (non-hydrogen) atoms. The fourth-order valence-electron chi connectivity index (χ4n) is 2.02. The lowest BCUT2D eigenvalue weighted by atomic mass is 10.3. The normalized spacial score (nSPS) is 14.9. The predicted molar refractivity (Wildman–Crippen MR) is 75.9 cm³/mol. The van der Waals surface area contributed by atoms with Crippen LogP contribution in [0.4, 0.5) is 5.95 Å². The molecule has 1 aliphatic heterocycles. The van der Waals surface area contributed by atoms with Gasteiger partial charge in [-0.05, 0) is 6.07 Å². The average molecular weight is 293 g/mol. The van der Waals surface area contributed by atoms with E-state index in [9.17, 15) is 9.59 Å². The molecule has 0 unspecified atom stereocenters. The van der Waals surface area contributed by atoms with Gasteiger partial charge in [-0.1, -0.05) is 0 Å². The van der Waals surface area contributed by atoms with Crippen molar-refractivity contribution in [1.82, 2.24) is 19.8 Å². The summed E-state index contributed by atoms with van der Waals surface area (Å²) in [6.07, 6.45) is 2.36. The Morgan fingerprint density at radius 3 is 2.86 bits per heavy atom. The van der Waals surface area contributed by atoms with Crippen LogP contribution in [0.5, 0.6) is 0 Å². The number of amides is 2. The number of hydrogen-bond acceptors (Lipinski definition) is 6. The summed E-state index contributed by atoms with van der Waals surface area (Å²) in [7, 11) is 1.61. The highest BCUT2D eigenvalue weighted by Crippen LogP contribution is 2.07. The van der Waals surface area contributed by atoms with Crippen LogP contribution in [0, 0.1) is 0 Å². The topological polar surface area (TPSA) is 87.7 Å². The van der Waals surface area contributed by atoms with E-state index in [1.807, 2.05) is 0 Å². The van der Waals surface area contributed by atoms with Gasteiger partial charge in [-0.25, -0.2) is 9.97 Å². The molecule has 1 aliphatic rings. The number of methoxy groups -OCH3 is 1. The van der Waals surface area contributed by atoms with Gasteiger partial charge in [0.1, 0.15) is 5.69 Å². The van der Waals surface area contributed by atoms with Crippen molar-refractivity contribution in [3.05, 3.63) is 18.0 Å². The number of aromatic nitrogens is 2. The van der Waals surface area contributed by atoms with Gasteiger partial charge in [-0.2, -0.15) is 0 Å². The minimum atomic E-state index is -0.141. The number of rotatable bonds is 6. The van der Waals surface area contributed by atoms with Gasteiger partial charge in [0, 0.05) is 46.0 Å². The molecule has 1 saturated heterocycles. The number of nitrogens with zero attached hydrogens (tertiary/aromatic N) is 4. The zero-order chi connectivity index (χ0) is 15.1. The molecule has 114 valence electrons. The standard InChI is InChI=1S/C13H19N5O3/c1-21-9-4-15-13-14-3-2-11(16-13)12(20)18-7-5-17(10-19)6-8-18/h2-3,10H,4-9H2,1H3,(H,14,15,16).